The number of benzene rings is 1. The van der Waals surface area contributed by atoms with E-state index in [0.29, 0.717) is 42.9 Å². The number of rotatable bonds is 9. The number of nitrogens with one attached hydrogen (secondary N) is 1. The van der Waals surface area contributed by atoms with Crippen LogP contribution >= 0.6 is 0 Å². The predicted octanol–water partition coefficient (Wildman–Crippen LogP) is 3.25. The zero-order chi connectivity index (χ0) is 21.7. The van der Waals surface area contributed by atoms with Gasteiger partial charge >= 0.3 is 5.97 Å². The summed E-state index contributed by atoms with van der Waals surface area (Å²) in [5.41, 5.74) is 4.12. The lowest BCUT2D eigenvalue weighted by Gasteiger charge is -2.18. The van der Waals surface area contributed by atoms with Gasteiger partial charge in [0.25, 0.3) is 0 Å². The van der Waals surface area contributed by atoms with Crippen molar-refractivity contribution in [2.24, 2.45) is 0 Å². The van der Waals surface area contributed by atoms with Gasteiger partial charge in [0.1, 0.15) is 23.7 Å². The fourth-order valence-electron chi connectivity index (χ4n) is 4.05. The van der Waals surface area contributed by atoms with Crippen LogP contribution in [-0.4, -0.2) is 45.4 Å². The molecule has 0 spiro atoms. The van der Waals surface area contributed by atoms with E-state index in [2.05, 4.69) is 11.4 Å². The maximum absolute atomic E-state index is 12.2. The molecule has 1 unspecified atom stereocenters. The number of fused-ring (bicyclic) bond motifs is 1. The van der Waals surface area contributed by atoms with Crippen molar-refractivity contribution in [3.05, 3.63) is 33.9 Å². The molecule has 0 radical (unpaired) electrons. The molecule has 30 heavy (non-hydrogen) atoms. The molecule has 7 heteroatoms. The maximum atomic E-state index is 12.2. The van der Waals surface area contributed by atoms with Gasteiger partial charge in [-0.1, -0.05) is 11.6 Å². The normalized spacial score (nSPS) is 18.2. The van der Waals surface area contributed by atoms with Gasteiger partial charge in [-0.25, -0.2) is 4.79 Å². The van der Waals surface area contributed by atoms with Crippen LogP contribution in [0.25, 0.3) is 0 Å². The molecule has 1 aromatic carbocycles. The van der Waals surface area contributed by atoms with E-state index in [1.54, 1.807) is 14.2 Å². The molecule has 2 heterocycles. The average molecular weight is 418 g/mol. The smallest absolute Gasteiger partial charge is 0.342 e. The largest absolute Gasteiger partial charge is 0.496 e. The van der Waals surface area contributed by atoms with Crippen LogP contribution in [0.1, 0.15) is 59.7 Å². The van der Waals surface area contributed by atoms with Crippen LogP contribution in [0.4, 0.5) is 0 Å². The third kappa shape index (κ3) is 4.78. The standard InChI is InChI=1S/C23H31NO6/c1-14(8-10-19(25)24-12-16-6-5-11-29-16)7-9-17-21(27-3)15(2)18-13-30-23(26)20(18)22(17)28-4/h7,16H,5-6,8-13H2,1-4H3,(H,24,25)/b14-7+. The van der Waals surface area contributed by atoms with E-state index in [0.717, 1.165) is 41.7 Å². The highest BCUT2D eigenvalue weighted by Crippen LogP contribution is 2.42. The van der Waals surface area contributed by atoms with Gasteiger partial charge in [0.2, 0.25) is 5.91 Å². The first-order chi connectivity index (χ1) is 14.5. The Bertz CT molecular complexity index is 839. The summed E-state index contributed by atoms with van der Waals surface area (Å²) < 4.78 is 22.0. The van der Waals surface area contributed by atoms with Crippen molar-refractivity contribution in [2.45, 2.75) is 58.7 Å². The highest BCUT2D eigenvalue weighted by atomic mass is 16.5. The van der Waals surface area contributed by atoms with Gasteiger partial charge in [-0.05, 0) is 45.1 Å². The van der Waals surface area contributed by atoms with Crippen molar-refractivity contribution < 1.29 is 28.5 Å². The average Bonchev–Trinajstić information content (AvgIpc) is 3.39. The van der Waals surface area contributed by atoms with Crippen LogP contribution in [0.5, 0.6) is 11.5 Å². The molecule has 3 rings (SSSR count). The fraction of sp³-hybridized carbons (Fsp3) is 0.565. The van der Waals surface area contributed by atoms with Crippen LogP contribution in [0, 0.1) is 6.92 Å². The molecule has 0 aromatic heterocycles. The Morgan fingerprint density at radius 3 is 2.67 bits per heavy atom. The molecule has 7 nitrogen and oxygen atoms in total. The molecule has 0 saturated carbocycles. The molecule has 0 bridgehead atoms. The van der Waals surface area contributed by atoms with E-state index in [1.807, 2.05) is 13.8 Å². The zero-order valence-corrected chi connectivity index (χ0v) is 18.3. The minimum Gasteiger partial charge on any atom is -0.496 e. The van der Waals surface area contributed by atoms with Crippen molar-refractivity contribution in [3.63, 3.8) is 0 Å². The Balaban J connectivity index is 1.65. The molecule has 1 fully saturated rings. The lowest BCUT2D eigenvalue weighted by atomic mass is 9.94. The lowest BCUT2D eigenvalue weighted by Crippen LogP contribution is -2.31. The number of methoxy groups -OCH3 is 2. The Labute approximate surface area is 177 Å². The van der Waals surface area contributed by atoms with Crippen molar-refractivity contribution >= 4 is 11.9 Å². The summed E-state index contributed by atoms with van der Waals surface area (Å²) in [4.78, 5) is 24.3. The minimum atomic E-state index is -0.363. The Hall–Kier alpha value is -2.54. The van der Waals surface area contributed by atoms with E-state index < -0.39 is 0 Å². The van der Waals surface area contributed by atoms with Gasteiger partial charge in [0.05, 0.1) is 20.3 Å². The van der Waals surface area contributed by atoms with Crippen molar-refractivity contribution in [2.75, 3.05) is 27.4 Å². The number of cyclic esters (lactones) is 1. The van der Waals surface area contributed by atoms with E-state index in [9.17, 15) is 9.59 Å². The van der Waals surface area contributed by atoms with Crippen molar-refractivity contribution in [1.29, 1.82) is 0 Å². The quantitative estimate of drug-likeness (QED) is 0.491. The van der Waals surface area contributed by atoms with Gasteiger partial charge in [0.15, 0.2) is 0 Å². The molecule has 1 aromatic rings. The molecule has 1 N–H and O–H groups in total. The molecule has 0 aliphatic carbocycles. The number of ether oxygens (including phenoxy) is 4. The molecule has 1 atom stereocenters. The highest BCUT2D eigenvalue weighted by molar-refractivity contribution is 5.98. The monoisotopic (exact) mass is 417 g/mol. The fourth-order valence-corrected chi connectivity index (χ4v) is 4.05. The van der Waals surface area contributed by atoms with E-state index in [4.69, 9.17) is 18.9 Å². The van der Waals surface area contributed by atoms with E-state index >= 15 is 0 Å². The number of hydrogen-bond acceptors (Lipinski definition) is 6. The van der Waals surface area contributed by atoms with Crippen LogP contribution in [0.3, 0.4) is 0 Å². The topological polar surface area (TPSA) is 83.1 Å². The highest BCUT2D eigenvalue weighted by Gasteiger charge is 2.32. The number of carbonyl (C=O) groups is 2. The molecular weight excluding hydrogens is 386 g/mol. The van der Waals surface area contributed by atoms with Crippen LogP contribution in [-0.2, 0) is 27.3 Å². The van der Waals surface area contributed by atoms with E-state index in [1.165, 1.54) is 0 Å². The molecule has 2 aliphatic heterocycles. The van der Waals surface area contributed by atoms with Gasteiger partial charge in [0, 0.05) is 30.7 Å². The van der Waals surface area contributed by atoms with Crippen molar-refractivity contribution in [3.8, 4) is 11.5 Å². The predicted molar refractivity (Wildman–Crippen MR) is 112 cm³/mol. The van der Waals surface area contributed by atoms with Crippen LogP contribution < -0.4 is 14.8 Å². The summed E-state index contributed by atoms with van der Waals surface area (Å²) >= 11 is 0. The molecule has 1 amide bonds. The summed E-state index contributed by atoms with van der Waals surface area (Å²) in [6, 6.07) is 0. The number of carbonyl (C=O) groups excluding carboxylic acids is 2. The van der Waals surface area contributed by atoms with Crippen molar-refractivity contribution in [1.82, 2.24) is 5.32 Å². The third-order valence-electron chi connectivity index (χ3n) is 5.78. The Morgan fingerprint density at radius 1 is 1.23 bits per heavy atom. The Morgan fingerprint density at radius 2 is 2.00 bits per heavy atom. The Kier molecular flexibility index (Phi) is 7.37. The van der Waals surface area contributed by atoms with Crippen LogP contribution in [0.15, 0.2) is 11.6 Å². The van der Waals surface area contributed by atoms with Gasteiger partial charge in [-0.3, -0.25) is 4.79 Å². The summed E-state index contributed by atoms with van der Waals surface area (Å²) in [6.07, 6.45) is 5.91. The van der Waals surface area contributed by atoms with Gasteiger partial charge in [-0.15, -0.1) is 0 Å². The minimum absolute atomic E-state index is 0.0320. The maximum Gasteiger partial charge on any atom is 0.342 e. The summed E-state index contributed by atoms with van der Waals surface area (Å²) in [7, 11) is 3.17. The second kappa shape index (κ2) is 9.98. The first-order valence-corrected chi connectivity index (χ1v) is 10.4. The number of amides is 1. The summed E-state index contributed by atoms with van der Waals surface area (Å²) in [6.45, 7) is 5.54. The number of allylic oxidation sites excluding steroid dienone is 2. The first kappa shape index (κ1) is 22.2. The lowest BCUT2D eigenvalue weighted by molar-refractivity contribution is -0.121. The van der Waals surface area contributed by atoms with Gasteiger partial charge in [-0.2, -0.15) is 0 Å². The summed E-state index contributed by atoms with van der Waals surface area (Å²) in [5, 5.41) is 2.95. The summed E-state index contributed by atoms with van der Waals surface area (Å²) in [5.74, 6) is 0.887. The van der Waals surface area contributed by atoms with E-state index in [-0.39, 0.29) is 24.6 Å². The second-order valence-electron chi connectivity index (χ2n) is 7.79. The number of esters is 1. The molecular formula is C23H31NO6. The van der Waals surface area contributed by atoms with Crippen LogP contribution in [0.2, 0.25) is 0 Å². The number of hydrogen-bond donors (Lipinski definition) is 1. The second-order valence-corrected chi connectivity index (χ2v) is 7.79. The molecule has 2 aliphatic rings. The molecule has 164 valence electrons. The third-order valence-corrected chi connectivity index (χ3v) is 5.78. The molecule has 1 saturated heterocycles. The first-order valence-electron chi connectivity index (χ1n) is 10.4. The zero-order valence-electron chi connectivity index (χ0n) is 18.3. The SMILES string of the molecule is COc1c(C)c2c(c(OC)c1C/C=C(\C)CCC(=O)NCC1CCCO1)C(=O)OC2. The van der Waals surface area contributed by atoms with Gasteiger partial charge < -0.3 is 24.3 Å².